The lowest BCUT2D eigenvalue weighted by molar-refractivity contribution is -0.131. The molecule has 0 spiro atoms. The lowest BCUT2D eigenvalue weighted by Gasteiger charge is -2.12. The zero-order valence-electron chi connectivity index (χ0n) is 8.61. The van der Waals surface area contributed by atoms with Crippen molar-refractivity contribution in [2.45, 2.75) is 0 Å². The maximum absolute atomic E-state index is 11.4. The molecular formula is C10H9BrO5. The van der Waals surface area contributed by atoms with Gasteiger partial charge in [-0.2, -0.15) is 0 Å². The Hall–Kier alpha value is -1.56. The van der Waals surface area contributed by atoms with Crippen LogP contribution < -0.4 is 9.47 Å². The molecule has 0 aliphatic heterocycles. The number of ether oxygens (including phenoxy) is 2. The smallest absolute Gasteiger partial charge is 0.377 e. The second-order valence-corrected chi connectivity index (χ2v) is 3.65. The molecule has 0 heterocycles. The first-order valence-corrected chi connectivity index (χ1v) is 5.00. The fourth-order valence-electron chi connectivity index (χ4n) is 1.23. The van der Waals surface area contributed by atoms with Crippen LogP contribution in [0.1, 0.15) is 10.4 Å². The summed E-state index contributed by atoms with van der Waals surface area (Å²) >= 11 is 3.20. The predicted octanol–water partition coefficient (Wildman–Crippen LogP) is 1.73. The lowest BCUT2D eigenvalue weighted by Crippen LogP contribution is -2.14. The molecule has 0 radical (unpaired) electrons. The third-order valence-electron chi connectivity index (χ3n) is 1.91. The summed E-state index contributed by atoms with van der Waals surface area (Å²) in [7, 11) is 2.74. The van der Waals surface area contributed by atoms with Crippen molar-refractivity contribution in [2.75, 3.05) is 14.2 Å². The van der Waals surface area contributed by atoms with Crippen molar-refractivity contribution in [1.29, 1.82) is 0 Å². The topological polar surface area (TPSA) is 72.8 Å². The highest BCUT2D eigenvalue weighted by atomic mass is 79.9. The van der Waals surface area contributed by atoms with Crippen LogP contribution in [0.3, 0.4) is 0 Å². The van der Waals surface area contributed by atoms with Crippen LogP contribution in [0.15, 0.2) is 16.6 Å². The van der Waals surface area contributed by atoms with Crippen LogP contribution in [-0.4, -0.2) is 31.1 Å². The molecule has 16 heavy (non-hydrogen) atoms. The molecular weight excluding hydrogens is 280 g/mol. The number of halogens is 1. The zero-order valence-corrected chi connectivity index (χ0v) is 10.2. The van der Waals surface area contributed by atoms with E-state index in [-0.39, 0.29) is 17.1 Å². The molecule has 0 aromatic heterocycles. The van der Waals surface area contributed by atoms with Crippen molar-refractivity contribution in [3.63, 3.8) is 0 Å². The summed E-state index contributed by atoms with van der Waals surface area (Å²) in [6, 6.07) is 2.89. The van der Waals surface area contributed by atoms with E-state index in [0.717, 1.165) is 0 Å². The normalized spacial score (nSPS) is 9.69. The van der Waals surface area contributed by atoms with E-state index in [4.69, 9.17) is 14.6 Å². The third kappa shape index (κ3) is 2.16. The van der Waals surface area contributed by atoms with Gasteiger partial charge in [0.25, 0.3) is 5.78 Å². The van der Waals surface area contributed by atoms with Crippen LogP contribution in [-0.2, 0) is 4.79 Å². The fraction of sp³-hybridized carbons (Fsp3) is 0.200. The average molecular weight is 289 g/mol. The van der Waals surface area contributed by atoms with Crippen LogP contribution in [0.2, 0.25) is 0 Å². The number of carboxylic acid groups (broad SMARTS) is 1. The second kappa shape index (κ2) is 4.98. The third-order valence-corrected chi connectivity index (χ3v) is 2.54. The summed E-state index contributed by atoms with van der Waals surface area (Å²) in [5, 5.41) is 8.63. The highest BCUT2D eigenvalue weighted by molar-refractivity contribution is 9.10. The molecule has 1 rings (SSSR count). The van der Waals surface area contributed by atoms with E-state index in [9.17, 15) is 9.59 Å². The monoisotopic (exact) mass is 288 g/mol. The molecule has 0 saturated carbocycles. The number of hydrogen-bond donors (Lipinski definition) is 1. The number of hydrogen-bond acceptors (Lipinski definition) is 4. The van der Waals surface area contributed by atoms with E-state index in [1.807, 2.05) is 0 Å². The first kappa shape index (κ1) is 12.5. The summed E-state index contributed by atoms with van der Waals surface area (Å²) < 4.78 is 10.6. The van der Waals surface area contributed by atoms with Gasteiger partial charge in [-0.1, -0.05) is 0 Å². The van der Waals surface area contributed by atoms with Crippen LogP contribution in [0.4, 0.5) is 0 Å². The Morgan fingerprint density at radius 2 is 1.75 bits per heavy atom. The van der Waals surface area contributed by atoms with Gasteiger partial charge >= 0.3 is 5.97 Å². The zero-order chi connectivity index (χ0) is 12.3. The van der Waals surface area contributed by atoms with Gasteiger partial charge in [-0.3, -0.25) is 4.79 Å². The van der Waals surface area contributed by atoms with Gasteiger partial charge in [-0.15, -0.1) is 0 Å². The summed E-state index contributed by atoms with van der Waals surface area (Å²) in [5.41, 5.74) is -0.0462. The summed E-state index contributed by atoms with van der Waals surface area (Å²) in [5.74, 6) is -2.19. The molecule has 1 aromatic rings. The Bertz CT molecular complexity index is 441. The van der Waals surface area contributed by atoms with Gasteiger partial charge in [0.15, 0.2) is 11.5 Å². The van der Waals surface area contributed by atoms with Gasteiger partial charge in [0.1, 0.15) is 0 Å². The molecule has 1 aromatic carbocycles. The molecule has 0 amide bonds. The SMILES string of the molecule is COc1c(Br)ccc(C(=O)C(=O)O)c1OC. The molecule has 6 heteroatoms. The number of aliphatic carboxylic acids is 1. The maximum Gasteiger partial charge on any atom is 0.377 e. The van der Waals surface area contributed by atoms with Crippen molar-refractivity contribution >= 4 is 27.7 Å². The van der Waals surface area contributed by atoms with Crippen molar-refractivity contribution in [3.8, 4) is 11.5 Å². The number of Topliss-reactive ketones (excluding diaryl/α,β-unsaturated/α-hetero) is 1. The van der Waals surface area contributed by atoms with Gasteiger partial charge < -0.3 is 14.6 Å². The van der Waals surface area contributed by atoms with Gasteiger partial charge in [0.2, 0.25) is 0 Å². The van der Waals surface area contributed by atoms with Crippen LogP contribution >= 0.6 is 15.9 Å². The van der Waals surface area contributed by atoms with Crippen LogP contribution in [0.5, 0.6) is 11.5 Å². The molecule has 0 unspecified atom stereocenters. The Morgan fingerprint density at radius 1 is 1.19 bits per heavy atom. The van der Waals surface area contributed by atoms with Crippen LogP contribution in [0, 0.1) is 0 Å². The highest BCUT2D eigenvalue weighted by Crippen LogP contribution is 2.38. The van der Waals surface area contributed by atoms with E-state index in [2.05, 4.69) is 15.9 Å². The minimum Gasteiger partial charge on any atom is -0.492 e. The number of rotatable bonds is 4. The molecule has 1 N–H and O–H groups in total. The van der Waals surface area contributed by atoms with Gasteiger partial charge in [0, 0.05) is 0 Å². The summed E-state index contributed by atoms with van der Waals surface area (Å²) in [4.78, 5) is 21.9. The van der Waals surface area contributed by atoms with E-state index >= 15 is 0 Å². The van der Waals surface area contributed by atoms with Crippen molar-refractivity contribution in [3.05, 3.63) is 22.2 Å². The number of carbonyl (C=O) groups excluding carboxylic acids is 1. The molecule has 0 aliphatic rings. The van der Waals surface area contributed by atoms with Crippen molar-refractivity contribution in [2.24, 2.45) is 0 Å². The van der Waals surface area contributed by atoms with E-state index in [1.54, 1.807) is 0 Å². The summed E-state index contributed by atoms with van der Waals surface area (Å²) in [6.45, 7) is 0. The van der Waals surface area contributed by atoms with Gasteiger partial charge in [0.05, 0.1) is 24.3 Å². The number of benzene rings is 1. The number of methoxy groups -OCH3 is 2. The molecule has 0 fully saturated rings. The predicted molar refractivity (Wildman–Crippen MR) is 59.2 cm³/mol. The number of carbonyl (C=O) groups is 2. The van der Waals surface area contributed by atoms with E-state index in [0.29, 0.717) is 4.47 Å². The summed E-state index contributed by atoms with van der Waals surface area (Å²) in [6.07, 6.45) is 0. The molecule has 86 valence electrons. The first-order chi connectivity index (χ1) is 7.52. The fourth-order valence-corrected chi connectivity index (χ4v) is 1.70. The lowest BCUT2D eigenvalue weighted by atomic mass is 10.1. The minimum absolute atomic E-state index is 0.0462. The Balaban J connectivity index is 3.41. The number of carboxylic acids is 1. The molecule has 0 bridgehead atoms. The Morgan fingerprint density at radius 3 is 2.19 bits per heavy atom. The Kier molecular flexibility index (Phi) is 3.89. The quantitative estimate of drug-likeness (QED) is 0.675. The van der Waals surface area contributed by atoms with E-state index < -0.39 is 11.8 Å². The maximum atomic E-state index is 11.4. The molecule has 0 saturated heterocycles. The first-order valence-electron chi connectivity index (χ1n) is 4.21. The minimum atomic E-state index is -1.54. The van der Waals surface area contributed by atoms with Gasteiger partial charge in [-0.25, -0.2) is 4.79 Å². The van der Waals surface area contributed by atoms with Crippen molar-refractivity contribution < 1.29 is 24.2 Å². The largest absolute Gasteiger partial charge is 0.492 e. The van der Waals surface area contributed by atoms with E-state index in [1.165, 1.54) is 26.4 Å². The highest BCUT2D eigenvalue weighted by Gasteiger charge is 2.23. The number of ketones is 1. The van der Waals surface area contributed by atoms with Crippen molar-refractivity contribution in [1.82, 2.24) is 0 Å². The molecule has 0 atom stereocenters. The second-order valence-electron chi connectivity index (χ2n) is 2.80. The average Bonchev–Trinajstić information content (AvgIpc) is 2.27. The standard InChI is InChI=1S/C10H9BrO5/c1-15-8-5(7(12)10(13)14)3-4-6(11)9(8)16-2/h3-4H,1-2H3,(H,13,14). The Labute approximate surface area is 100 Å². The molecule has 5 nitrogen and oxygen atoms in total. The molecule has 0 aliphatic carbocycles. The van der Waals surface area contributed by atoms with Gasteiger partial charge in [-0.05, 0) is 28.1 Å². The van der Waals surface area contributed by atoms with Crippen LogP contribution in [0.25, 0.3) is 0 Å².